The highest BCUT2D eigenvalue weighted by Gasteiger charge is 2.11. The molecule has 0 radical (unpaired) electrons. The molecule has 0 aliphatic carbocycles. The van der Waals surface area contributed by atoms with Crippen LogP contribution in [0, 0.1) is 0 Å². The zero-order valence-electron chi connectivity index (χ0n) is 8.53. The standard InChI is InChI=1S/C12H12O3/c1-2-14-12(13)10-5-6-11-9(8-10)4-3-7-15-11/h3-6,8H,2,7H2,1H3. The van der Waals surface area contributed by atoms with Crippen molar-refractivity contribution in [1.82, 2.24) is 0 Å². The van der Waals surface area contributed by atoms with Crippen LogP contribution >= 0.6 is 0 Å². The monoisotopic (exact) mass is 204 g/mol. The summed E-state index contributed by atoms with van der Waals surface area (Å²) in [6, 6.07) is 5.30. The van der Waals surface area contributed by atoms with Gasteiger partial charge in [-0.3, -0.25) is 0 Å². The van der Waals surface area contributed by atoms with E-state index in [0.717, 1.165) is 11.3 Å². The van der Waals surface area contributed by atoms with Gasteiger partial charge in [-0.1, -0.05) is 6.08 Å². The van der Waals surface area contributed by atoms with Crippen molar-refractivity contribution >= 4 is 12.0 Å². The first-order valence-corrected chi connectivity index (χ1v) is 4.92. The van der Waals surface area contributed by atoms with Gasteiger partial charge in [0.05, 0.1) is 12.2 Å². The van der Waals surface area contributed by atoms with Crippen LogP contribution in [0.25, 0.3) is 6.08 Å². The van der Waals surface area contributed by atoms with Crippen molar-refractivity contribution < 1.29 is 14.3 Å². The van der Waals surface area contributed by atoms with Crippen LogP contribution in [0.1, 0.15) is 22.8 Å². The third-order valence-electron chi connectivity index (χ3n) is 2.15. The average molecular weight is 204 g/mol. The van der Waals surface area contributed by atoms with Crippen molar-refractivity contribution in [3.8, 4) is 5.75 Å². The minimum Gasteiger partial charge on any atom is -0.489 e. The number of rotatable bonds is 2. The molecular formula is C12H12O3. The summed E-state index contributed by atoms with van der Waals surface area (Å²) in [6.07, 6.45) is 3.86. The molecule has 1 aromatic carbocycles. The number of carbonyl (C=O) groups is 1. The fourth-order valence-electron chi connectivity index (χ4n) is 1.46. The number of benzene rings is 1. The van der Waals surface area contributed by atoms with E-state index in [-0.39, 0.29) is 5.97 Å². The van der Waals surface area contributed by atoms with Crippen LogP contribution in [0.2, 0.25) is 0 Å². The van der Waals surface area contributed by atoms with Gasteiger partial charge in [0.2, 0.25) is 0 Å². The van der Waals surface area contributed by atoms with E-state index in [4.69, 9.17) is 9.47 Å². The molecular weight excluding hydrogens is 192 g/mol. The number of ether oxygens (including phenoxy) is 2. The minimum atomic E-state index is -0.292. The quantitative estimate of drug-likeness (QED) is 0.693. The second-order valence-electron chi connectivity index (χ2n) is 3.19. The van der Waals surface area contributed by atoms with Gasteiger partial charge in [-0.2, -0.15) is 0 Å². The lowest BCUT2D eigenvalue weighted by molar-refractivity contribution is 0.0526. The smallest absolute Gasteiger partial charge is 0.338 e. The third kappa shape index (κ3) is 2.01. The number of carbonyl (C=O) groups excluding carboxylic acids is 1. The maximum atomic E-state index is 11.4. The van der Waals surface area contributed by atoms with E-state index in [1.807, 2.05) is 12.2 Å². The molecule has 0 aromatic heterocycles. The Balaban J connectivity index is 2.29. The van der Waals surface area contributed by atoms with E-state index in [2.05, 4.69) is 0 Å². The zero-order chi connectivity index (χ0) is 10.7. The summed E-state index contributed by atoms with van der Waals surface area (Å²) >= 11 is 0. The van der Waals surface area contributed by atoms with Gasteiger partial charge >= 0.3 is 5.97 Å². The summed E-state index contributed by atoms with van der Waals surface area (Å²) in [4.78, 5) is 11.4. The van der Waals surface area contributed by atoms with E-state index in [1.165, 1.54) is 0 Å². The highest BCUT2D eigenvalue weighted by Crippen LogP contribution is 2.24. The summed E-state index contributed by atoms with van der Waals surface area (Å²) in [5, 5.41) is 0. The Bertz CT molecular complexity index is 407. The van der Waals surface area contributed by atoms with Crippen molar-refractivity contribution in [3.63, 3.8) is 0 Å². The lowest BCUT2D eigenvalue weighted by atomic mass is 10.1. The summed E-state index contributed by atoms with van der Waals surface area (Å²) in [5.74, 6) is 0.518. The lowest BCUT2D eigenvalue weighted by Crippen LogP contribution is -2.06. The van der Waals surface area contributed by atoms with Gasteiger partial charge < -0.3 is 9.47 Å². The van der Waals surface area contributed by atoms with Crippen molar-refractivity contribution in [2.45, 2.75) is 6.92 Å². The van der Waals surface area contributed by atoms with Crippen LogP contribution in [-0.4, -0.2) is 19.2 Å². The molecule has 1 aliphatic rings. The molecule has 0 spiro atoms. The van der Waals surface area contributed by atoms with Gasteiger partial charge in [0, 0.05) is 5.56 Å². The van der Waals surface area contributed by atoms with Crippen molar-refractivity contribution in [2.75, 3.05) is 13.2 Å². The van der Waals surface area contributed by atoms with Gasteiger partial charge in [0.15, 0.2) is 0 Å². The molecule has 1 aromatic rings. The first-order valence-electron chi connectivity index (χ1n) is 4.92. The van der Waals surface area contributed by atoms with Crippen LogP contribution in [0.15, 0.2) is 24.3 Å². The van der Waals surface area contributed by atoms with Crippen molar-refractivity contribution in [1.29, 1.82) is 0 Å². The molecule has 3 heteroatoms. The fraction of sp³-hybridized carbons (Fsp3) is 0.250. The van der Waals surface area contributed by atoms with Gasteiger partial charge in [-0.15, -0.1) is 0 Å². The average Bonchev–Trinajstić information content (AvgIpc) is 2.29. The van der Waals surface area contributed by atoms with E-state index >= 15 is 0 Å². The van der Waals surface area contributed by atoms with Gasteiger partial charge in [-0.25, -0.2) is 4.79 Å². The van der Waals surface area contributed by atoms with Crippen LogP contribution in [0.5, 0.6) is 5.75 Å². The molecule has 0 saturated carbocycles. The highest BCUT2D eigenvalue weighted by molar-refractivity contribution is 5.90. The summed E-state index contributed by atoms with van der Waals surface area (Å²) in [5.41, 5.74) is 1.48. The SMILES string of the molecule is CCOC(=O)c1ccc2c(c1)C=CCO2. The Morgan fingerprint density at radius 1 is 1.53 bits per heavy atom. The predicted molar refractivity (Wildman–Crippen MR) is 56.9 cm³/mol. The van der Waals surface area contributed by atoms with Crippen LogP contribution in [-0.2, 0) is 4.74 Å². The largest absolute Gasteiger partial charge is 0.489 e. The van der Waals surface area contributed by atoms with Gasteiger partial charge in [0.1, 0.15) is 12.4 Å². The van der Waals surface area contributed by atoms with E-state index in [0.29, 0.717) is 18.8 Å². The van der Waals surface area contributed by atoms with E-state index in [9.17, 15) is 4.79 Å². The molecule has 0 amide bonds. The molecule has 0 atom stereocenters. The zero-order valence-corrected chi connectivity index (χ0v) is 8.53. The highest BCUT2D eigenvalue weighted by atomic mass is 16.5. The maximum Gasteiger partial charge on any atom is 0.338 e. The molecule has 1 aliphatic heterocycles. The molecule has 0 fully saturated rings. The number of hydrogen-bond donors (Lipinski definition) is 0. The van der Waals surface area contributed by atoms with Gasteiger partial charge in [0.25, 0.3) is 0 Å². The first kappa shape index (κ1) is 9.77. The molecule has 0 saturated heterocycles. The molecule has 78 valence electrons. The minimum absolute atomic E-state index is 0.292. The summed E-state index contributed by atoms with van der Waals surface area (Å²) in [6.45, 7) is 2.77. The molecule has 15 heavy (non-hydrogen) atoms. The summed E-state index contributed by atoms with van der Waals surface area (Å²) < 4.78 is 10.3. The van der Waals surface area contributed by atoms with Crippen molar-refractivity contribution in [2.24, 2.45) is 0 Å². The van der Waals surface area contributed by atoms with Crippen LogP contribution in [0.3, 0.4) is 0 Å². The first-order chi connectivity index (χ1) is 7.31. The van der Waals surface area contributed by atoms with Crippen LogP contribution in [0.4, 0.5) is 0 Å². The molecule has 3 nitrogen and oxygen atoms in total. The van der Waals surface area contributed by atoms with Crippen molar-refractivity contribution in [3.05, 3.63) is 35.4 Å². The second-order valence-corrected chi connectivity index (χ2v) is 3.19. The Morgan fingerprint density at radius 3 is 3.20 bits per heavy atom. The Kier molecular flexibility index (Phi) is 2.72. The maximum absolute atomic E-state index is 11.4. The van der Waals surface area contributed by atoms with E-state index in [1.54, 1.807) is 25.1 Å². The second kappa shape index (κ2) is 4.17. The number of hydrogen-bond acceptors (Lipinski definition) is 3. The number of fused-ring (bicyclic) bond motifs is 1. The molecule has 1 heterocycles. The summed E-state index contributed by atoms with van der Waals surface area (Å²) in [7, 11) is 0. The molecule has 0 unspecified atom stereocenters. The topological polar surface area (TPSA) is 35.5 Å². The third-order valence-corrected chi connectivity index (χ3v) is 2.15. The van der Waals surface area contributed by atoms with Crippen LogP contribution < -0.4 is 4.74 Å². The Labute approximate surface area is 88.3 Å². The molecule has 0 bridgehead atoms. The fourth-order valence-corrected chi connectivity index (χ4v) is 1.46. The predicted octanol–water partition coefficient (Wildman–Crippen LogP) is 2.27. The number of esters is 1. The van der Waals surface area contributed by atoms with E-state index < -0.39 is 0 Å². The van der Waals surface area contributed by atoms with Gasteiger partial charge in [-0.05, 0) is 31.2 Å². The molecule has 0 N–H and O–H groups in total. The lowest BCUT2D eigenvalue weighted by Gasteiger charge is -2.12. The Hall–Kier alpha value is -1.77. The normalized spacial score (nSPS) is 12.9. The Morgan fingerprint density at radius 2 is 2.40 bits per heavy atom. The molecule has 2 rings (SSSR count).